The molecule has 0 saturated heterocycles. The van der Waals surface area contributed by atoms with Crippen molar-refractivity contribution in [1.82, 2.24) is 9.88 Å². The van der Waals surface area contributed by atoms with E-state index in [-0.39, 0.29) is 12.5 Å². The summed E-state index contributed by atoms with van der Waals surface area (Å²) in [5.41, 5.74) is 4.25. The molecule has 0 aliphatic heterocycles. The number of carbonyl (C=O) groups is 1. The van der Waals surface area contributed by atoms with Crippen molar-refractivity contribution in [3.05, 3.63) is 71.4 Å². The number of aliphatic hydroxyl groups excluding tert-OH is 1. The molecule has 0 aliphatic carbocycles. The summed E-state index contributed by atoms with van der Waals surface area (Å²) in [6.45, 7) is 0.505. The lowest BCUT2D eigenvalue weighted by molar-refractivity contribution is -0.121. The van der Waals surface area contributed by atoms with E-state index in [4.69, 9.17) is 5.11 Å². The minimum absolute atomic E-state index is 0.0167. The molecule has 3 aromatic rings. The van der Waals surface area contributed by atoms with Gasteiger partial charge in [-0.15, -0.1) is 0 Å². The Morgan fingerprint density at radius 1 is 1.12 bits per heavy atom. The normalized spacial score (nSPS) is 10.9. The topological polar surface area (TPSA) is 54.3 Å². The average molecular weight is 322 g/mol. The maximum atomic E-state index is 12.1. The Hall–Kier alpha value is -2.59. The van der Waals surface area contributed by atoms with Crippen molar-refractivity contribution >= 4 is 16.8 Å². The van der Waals surface area contributed by atoms with Crippen LogP contribution < -0.4 is 5.32 Å². The quantitative estimate of drug-likeness (QED) is 0.733. The number of aryl methyl sites for hydroxylation is 2. The molecule has 1 heterocycles. The minimum Gasteiger partial charge on any atom is -0.392 e. The van der Waals surface area contributed by atoms with E-state index in [9.17, 15) is 4.79 Å². The van der Waals surface area contributed by atoms with Crippen molar-refractivity contribution in [2.75, 3.05) is 0 Å². The number of nitrogens with zero attached hydrogens (tertiary/aromatic N) is 1. The number of para-hydroxylation sites is 1. The number of carbonyl (C=O) groups excluding carboxylic acids is 1. The van der Waals surface area contributed by atoms with Crippen molar-refractivity contribution in [3.8, 4) is 0 Å². The monoisotopic (exact) mass is 322 g/mol. The van der Waals surface area contributed by atoms with Crippen LogP contribution in [0.2, 0.25) is 0 Å². The molecule has 2 aromatic carbocycles. The van der Waals surface area contributed by atoms with Gasteiger partial charge < -0.3 is 15.0 Å². The molecule has 1 amide bonds. The summed E-state index contributed by atoms with van der Waals surface area (Å²) < 4.78 is 2.10. The maximum absolute atomic E-state index is 12.1. The van der Waals surface area contributed by atoms with E-state index in [0.717, 1.165) is 17.5 Å². The number of nitrogens with one attached hydrogen (secondary N) is 1. The summed E-state index contributed by atoms with van der Waals surface area (Å²) in [4.78, 5) is 12.1. The van der Waals surface area contributed by atoms with Crippen molar-refractivity contribution in [2.24, 2.45) is 7.05 Å². The van der Waals surface area contributed by atoms with E-state index < -0.39 is 0 Å². The summed E-state index contributed by atoms with van der Waals surface area (Å²) >= 11 is 0. The van der Waals surface area contributed by atoms with Gasteiger partial charge in [-0.3, -0.25) is 4.79 Å². The third-order valence-electron chi connectivity index (χ3n) is 4.26. The van der Waals surface area contributed by atoms with Gasteiger partial charge in [0.15, 0.2) is 0 Å². The van der Waals surface area contributed by atoms with Gasteiger partial charge in [0.1, 0.15) is 0 Å². The minimum atomic E-state index is 0.0167. The SMILES string of the molecule is Cn1cc(CCC(=O)NCc2cccc(CO)c2)c2ccccc21. The molecule has 2 N–H and O–H groups in total. The standard InChI is InChI=1S/C20H22N2O2/c1-22-13-17(18-7-2-3-8-19(18)22)9-10-20(24)21-12-15-5-4-6-16(11-15)14-23/h2-8,11,13,23H,9-10,12,14H2,1H3,(H,21,24). The smallest absolute Gasteiger partial charge is 0.220 e. The number of fused-ring (bicyclic) bond motifs is 1. The third-order valence-corrected chi connectivity index (χ3v) is 4.26. The fourth-order valence-electron chi connectivity index (χ4n) is 3.00. The van der Waals surface area contributed by atoms with Gasteiger partial charge >= 0.3 is 0 Å². The van der Waals surface area contributed by atoms with E-state index in [2.05, 4.69) is 28.2 Å². The van der Waals surface area contributed by atoms with Crippen LogP contribution in [0.25, 0.3) is 10.9 Å². The fourth-order valence-corrected chi connectivity index (χ4v) is 3.00. The zero-order valence-corrected chi connectivity index (χ0v) is 13.8. The Kier molecular flexibility index (Phi) is 4.96. The first-order valence-corrected chi connectivity index (χ1v) is 8.15. The van der Waals surface area contributed by atoms with Crippen LogP contribution in [0.1, 0.15) is 23.1 Å². The van der Waals surface area contributed by atoms with Crippen molar-refractivity contribution in [2.45, 2.75) is 26.0 Å². The highest BCUT2D eigenvalue weighted by molar-refractivity contribution is 5.84. The molecule has 0 radical (unpaired) electrons. The molecule has 24 heavy (non-hydrogen) atoms. The molecule has 1 aromatic heterocycles. The van der Waals surface area contributed by atoms with E-state index in [0.29, 0.717) is 13.0 Å². The molecule has 4 nitrogen and oxygen atoms in total. The number of hydrogen-bond acceptors (Lipinski definition) is 2. The molecule has 0 bridgehead atoms. The Morgan fingerprint density at radius 2 is 1.92 bits per heavy atom. The number of amides is 1. The Bertz CT molecular complexity index is 852. The lowest BCUT2D eigenvalue weighted by Crippen LogP contribution is -2.23. The maximum Gasteiger partial charge on any atom is 0.220 e. The highest BCUT2D eigenvalue weighted by Crippen LogP contribution is 2.21. The average Bonchev–Trinajstić information content (AvgIpc) is 2.95. The first kappa shape index (κ1) is 16.3. The summed E-state index contributed by atoms with van der Waals surface area (Å²) in [5.74, 6) is 0.0392. The zero-order valence-electron chi connectivity index (χ0n) is 13.8. The second kappa shape index (κ2) is 7.32. The first-order chi connectivity index (χ1) is 11.7. The predicted octanol–water partition coefficient (Wildman–Crippen LogP) is 2.92. The number of aliphatic hydroxyl groups is 1. The van der Waals surface area contributed by atoms with Crippen LogP contribution in [0.5, 0.6) is 0 Å². The molecule has 0 fully saturated rings. The number of hydrogen-bond donors (Lipinski definition) is 2. The van der Waals surface area contributed by atoms with Gasteiger partial charge in [0.05, 0.1) is 6.61 Å². The van der Waals surface area contributed by atoms with Gasteiger partial charge in [0.2, 0.25) is 5.91 Å². The van der Waals surface area contributed by atoms with Crippen molar-refractivity contribution in [3.63, 3.8) is 0 Å². The number of benzene rings is 2. The van der Waals surface area contributed by atoms with E-state index in [1.807, 2.05) is 43.4 Å². The molecule has 0 saturated carbocycles. The Labute approximate surface area is 141 Å². The lowest BCUT2D eigenvalue weighted by Gasteiger charge is -2.06. The molecule has 0 spiro atoms. The molecule has 0 atom stereocenters. The summed E-state index contributed by atoms with van der Waals surface area (Å²) in [6, 6.07) is 15.9. The first-order valence-electron chi connectivity index (χ1n) is 8.15. The molecule has 3 rings (SSSR count). The predicted molar refractivity (Wildman–Crippen MR) is 95.5 cm³/mol. The van der Waals surface area contributed by atoms with Gasteiger partial charge in [-0.05, 0) is 29.2 Å². The molecule has 0 unspecified atom stereocenters. The van der Waals surface area contributed by atoms with Gasteiger partial charge in [0.25, 0.3) is 0 Å². The molecule has 0 aliphatic rings. The summed E-state index contributed by atoms with van der Waals surface area (Å²) in [5, 5.41) is 13.3. The Morgan fingerprint density at radius 3 is 2.75 bits per heavy atom. The van der Waals surface area contributed by atoms with Gasteiger partial charge in [-0.1, -0.05) is 42.5 Å². The second-order valence-electron chi connectivity index (χ2n) is 6.04. The van der Waals surface area contributed by atoms with Crippen LogP contribution in [-0.2, 0) is 31.4 Å². The number of rotatable bonds is 6. The van der Waals surface area contributed by atoms with E-state index in [1.165, 1.54) is 16.5 Å². The van der Waals surface area contributed by atoms with Crippen LogP contribution >= 0.6 is 0 Å². The van der Waals surface area contributed by atoms with Crippen molar-refractivity contribution < 1.29 is 9.90 Å². The van der Waals surface area contributed by atoms with E-state index >= 15 is 0 Å². The zero-order chi connectivity index (χ0) is 16.9. The van der Waals surface area contributed by atoms with Gasteiger partial charge in [-0.2, -0.15) is 0 Å². The largest absolute Gasteiger partial charge is 0.392 e. The Balaban J connectivity index is 1.57. The van der Waals surface area contributed by atoms with Crippen molar-refractivity contribution in [1.29, 1.82) is 0 Å². The van der Waals surface area contributed by atoms with Crippen LogP contribution in [0.3, 0.4) is 0 Å². The summed E-state index contributed by atoms with van der Waals surface area (Å²) in [7, 11) is 2.03. The van der Waals surface area contributed by atoms with Crippen LogP contribution in [0.15, 0.2) is 54.7 Å². The number of aromatic nitrogens is 1. The molecule has 4 heteroatoms. The fraction of sp³-hybridized carbons (Fsp3) is 0.250. The third kappa shape index (κ3) is 3.66. The molecular formula is C20H22N2O2. The van der Waals surface area contributed by atoms with Crippen LogP contribution in [0.4, 0.5) is 0 Å². The molecular weight excluding hydrogens is 300 g/mol. The second-order valence-corrected chi connectivity index (χ2v) is 6.04. The highest BCUT2D eigenvalue weighted by Gasteiger charge is 2.08. The van der Waals surface area contributed by atoms with Gasteiger partial charge in [-0.25, -0.2) is 0 Å². The van der Waals surface area contributed by atoms with Crippen LogP contribution in [0, 0.1) is 0 Å². The molecule has 124 valence electrons. The van der Waals surface area contributed by atoms with Crippen LogP contribution in [-0.4, -0.2) is 15.6 Å². The van der Waals surface area contributed by atoms with Gasteiger partial charge in [0, 0.05) is 37.1 Å². The lowest BCUT2D eigenvalue weighted by atomic mass is 10.1. The highest BCUT2D eigenvalue weighted by atomic mass is 16.3. The summed E-state index contributed by atoms with van der Waals surface area (Å²) in [6.07, 6.45) is 3.29. The van der Waals surface area contributed by atoms with E-state index in [1.54, 1.807) is 0 Å².